The van der Waals surface area contributed by atoms with Crippen LogP contribution in [0.4, 0.5) is 47.4 Å². The topological polar surface area (TPSA) is 177 Å². The molecule has 5 N–H and O–H groups in total. The number of halogens is 3. The van der Waals surface area contributed by atoms with E-state index in [4.69, 9.17) is 4.74 Å². The van der Waals surface area contributed by atoms with Crippen molar-refractivity contribution < 1.29 is 41.9 Å². The molecule has 63 heavy (non-hydrogen) atoms. The molecule has 3 saturated heterocycles. The number of anilines is 6. The molecule has 3 fully saturated rings. The molecule has 0 spiro atoms. The van der Waals surface area contributed by atoms with E-state index in [0.717, 1.165) is 80.9 Å². The first-order chi connectivity index (χ1) is 30.3. The van der Waals surface area contributed by atoms with E-state index in [0.29, 0.717) is 17.4 Å². The first-order valence-corrected chi connectivity index (χ1v) is 21.0. The minimum absolute atomic E-state index is 0.0665. The van der Waals surface area contributed by atoms with Crippen LogP contribution in [0.5, 0.6) is 5.75 Å². The predicted molar refractivity (Wildman–Crippen MR) is 230 cm³/mol. The van der Waals surface area contributed by atoms with Crippen LogP contribution in [0.1, 0.15) is 75.2 Å². The second-order valence-electron chi connectivity index (χ2n) is 16.2. The zero-order valence-corrected chi connectivity index (χ0v) is 34.8. The molecule has 0 saturated carbocycles. The van der Waals surface area contributed by atoms with Gasteiger partial charge in [-0.2, -0.15) is 13.2 Å². The number of nitrogens with one attached hydrogen (secondary N) is 5. The molecule has 15 nitrogen and oxygen atoms in total. The number of rotatable bonds is 12. The lowest BCUT2D eigenvalue weighted by Crippen LogP contribution is -2.54. The van der Waals surface area contributed by atoms with Crippen molar-refractivity contribution in [2.45, 2.75) is 56.8 Å². The summed E-state index contributed by atoms with van der Waals surface area (Å²) < 4.78 is 47.9. The maximum Gasteiger partial charge on any atom is 0.419 e. The number of piperidine rings is 3. The van der Waals surface area contributed by atoms with E-state index in [1.165, 1.54) is 32.4 Å². The molecule has 5 heterocycles. The van der Waals surface area contributed by atoms with Crippen LogP contribution in [-0.2, 0) is 15.8 Å². The van der Waals surface area contributed by atoms with Gasteiger partial charge in [0.1, 0.15) is 17.6 Å². The fourth-order valence-corrected chi connectivity index (χ4v) is 8.80. The Morgan fingerprint density at radius 3 is 2.33 bits per heavy atom. The summed E-state index contributed by atoms with van der Waals surface area (Å²) in [6.07, 6.45) is 0.104. The first-order valence-electron chi connectivity index (χ1n) is 21.0. The number of pyridine rings is 1. The Kier molecular flexibility index (Phi) is 12.3. The van der Waals surface area contributed by atoms with Crippen molar-refractivity contribution in [1.29, 1.82) is 0 Å². The molecule has 5 amide bonds. The minimum atomic E-state index is -4.71. The van der Waals surface area contributed by atoms with Crippen molar-refractivity contribution in [2.75, 3.05) is 67.3 Å². The van der Waals surface area contributed by atoms with Gasteiger partial charge in [-0.3, -0.25) is 34.2 Å². The second-order valence-corrected chi connectivity index (χ2v) is 16.2. The zero-order chi connectivity index (χ0) is 44.4. The standard InChI is InChI=1S/C45H48F3N9O6/c1-49-41(59)31-7-3-4-8-34(31)52-36-22-39(51-24-33(36)45(46,47)48)53-35-12-10-29(21-38(35)63-2)55-18-15-26(16-19-55)23-50-27-6-5-17-56(25-27)28-9-11-30-32(20-28)44(62)57(43(30)61)37-13-14-40(58)54-42(37)60/h3-4,7-12,20-22,24,26-27,37,50H,5-6,13-19,23,25H2,1-2H3,(H,49,59)(H2,51,52,53)(H,54,58,60)/t27-,37?/m0/s1. The number of benzene rings is 3. The molecule has 2 atom stereocenters. The fourth-order valence-electron chi connectivity index (χ4n) is 8.80. The summed E-state index contributed by atoms with van der Waals surface area (Å²) in [5.41, 5.74) is 1.97. The molecule has 4 aliphatic heterocycles. The third-order valence-electron chi connectivity index (χ3n) is 12.2. The van der Waals surface area contributed by atoms with Crippen LogP contribution in [0.15, 0.2) is 72.9 Å². The van der Waals surface area contributed by atoms with Gasteiger partial charge in [0.05, 0.1) is 46.4 Å². The van der Waals surface area contributed by atoms with Crippen molar-refractivity contribution in [3.63, 3.8) is 0 Å². The number of methoxy groups -OCH3 is 1. The highest BCUT2D eigenvalue weighted by Crippen LogP contribution is 2.39. The summed E-state index contributed by atoms with van der Waals surface area (Å²) >= 11 is 0. The Morgan fingerprint density at radius 2 is 1.59 bits per heavy atom. The first kappa shape index (κ1) is 43.0. The van der Waals surface area contributed by atoms with E-state index in [1.807, 2.05) is 24.3 Å². The molecule has 4 aliphatic rings. The van der Waals surface area contributed by atoms with Crippen molar-refractivity contribution >= 4 is 63.8 Å². The highest BCUT2D eigenvalue weighted by molar-refractivity contribution is 6.23. The van der Waals surface area contributed by atoms with E-state index in [9.17, 15) is 37.1 Å². The Hall–Kier alpha value is -6.69. The molecule has 1 unspecified atom stereocenters. The summed E-state index contributed by atoms with van der Waals surface area (Å²) in [6.45, 7) is 4.04. The van der Waals surface area contributed by atoms with Crippen LogP contribution >= 0.6 is 0 Å². The van der Waals surface area contributed by atoms with Crippen molar-refractivity contribution in [3.05, 3.63) is 95.2 Å². The van der Waals surface area contributed by atoms with Gasteiger partial charge >= 0.3 is 6.18 Å². The van der Waals surface area contributed by atoms with Crippen molar-refractivity contribution in [2.24, 2.45) is 5.92 Å². The number of nitrogens with zero attached hydrogens (tertiary/aromatic N) is 4. The maximum absolute atomic E-state index is 14.1. The number of aromatic nitrogens is 1. The van der Waals surface area contributed by atoms with Gasteiger partial charge in [-0.15, -0.1) is 0 Å². The number of hydrogen-bond acceptors (Lipinski definition) is 12. The van der Waals surface area contributed by atoms with Crippen molar-refractivity contribution in [1.82, 2.24) is 25.8 Å². The monoisotopic (exact) mass is 867 g/mol. The van der Waals surface area contributed by atoms with E-state index in [2.05, 4.69) is 41.4 Å². The van der Waals surface area contributed by atoms with Gasteiger partial charge in [-0.25, -0.2) is 4.98 Å². The van der Waals surface area contributed by atoms with Gasteiger partial charge in [0, 0.05) is 75.4 Å². The summed E-state index contributed by atoms with van der Waals surface area (Å²) in [7, 11) is 2.97. The van der Waals surface area contributed by atoms with Gasteiger partial charge in [0.2, 0.25) is 11.8 Å². The van der Waals surface area contributed by atoms with Gasteiger partial charge in [-0.1, -0.05) is 12.1 Å². The maximum atomic E-state index is 14.1. The largest absolute Gasteiger partial charge is 0.494 e. The van der Waals surface area contributed by atoms with Crippen LogP contribution in [0.2, 0.25) is 0 Å². The van der Waals surface area contributed by atoms with E-state index >= 15 is 0 Å². The molecule has 1 aromatic heterocycles. The fraction of sp³-hybridized carbons (Fsp3) is 0.378. The minimum Gasteiger partial charge on any atom is -0.494 e. The van der Waals surface area contributed by atoms with Gasteiger partial charge in [0.25, 0.3) is 17.7 Å². The number of hydrogen-bond donors (Lipinski definition) is 5. The molecule has 4 aromatic rings. The van der Waals surface area contributed by atoms with E-state index in [-0.39, 0.29) is 52.8 Å². The van der Waals surface area contributed by atoms with Crippen LogP contribution in [0.3, 0.4) is 0 Å². The van der Waals surface area contributed by atoms with Gasteiger partial charge in [-0.05, 0) is 87.0 Å². The summed E-state index contributed by atoms with van der Waals surface area (Å²) in [6, 6.07) is 17.7. The van der Waals surface area contributed by atoms with E-state index in [1.54, 1.807) is 24.3 Å². The van der Waals surface area contributed by atoms with Crippen LogP contribution in [0.25, 0.3) is 0 Å². The summed E-state index contributed by atoms with van der Waals surface area (Å²) in [5, 5.41) is 14.4. The molecular formula is C45H48F3N9O6. The highest BCUT2D eigenvalue weighted by Gasteiger charge is 2.45. The number of imide groups is 2. The van der Waals surface area contributed by atoms with Crippen LogP contribution in [0, 0.1) is 5.92 Å². The van der Waals surface area contributed by atoms with E-state index < -0.39 is 47.3 Å². The highest BCUT2D eigenvalue weighted by atomic mass is 19.4. The molecule has 0 bridgehead atoms. The molecule has 3 aromatic carbocycles. The number of para-hydroxylation sites is 1. The van der Waals surface area contributed by atoms with Gasteiger partial charge in [0.15, 0.2) is 0 Å². The Labute approximate surface area is 361 Å². The zero-order valence-electron chi connectivity index (χ0n) is 34.8. The van der Waals surface area contributed by atoms with Crippen molar-refractivity contribution in [3.8, 4) is 5.75 Å². The number of fused-ring (bicyclic) bond motifs is 1. The third-order valence-corrected chi connectivity index (χ3v) is 12.2. The lowest BCUT2D eigenvalue weighted by molar-refractivity contribution is -0.137. The molecule has 8 rings (SSSR count). The summed E-state index contributed by atoms with van der Waals surface area (Å²) in [4.78, 5) is 72.7. The number of carbonyl (C=O) groups is 5. The average Bonchev–Trinajstić information content (AvgIpc) is 3.53. The normalized spacial score (nSPS) is 19.5. The predicted octanol–water partition coefficient (Wildman–Crippen LogP) is 5.83. The Balaban J connectivity index is 0.856. The molecular weight excluding hydrogens is 820 g/mol. The Bertz CT molecular complexity index is 2440. The van der Waals surface area contributed by atoms with Crippen LogP contribution in [-0.4, -0.2) is 98.4 Å². The van der Waals surface area contributed by atoms with Crippen LogP contribution < -0.4 is 41.1 Å². The second kappa shape index (κ2) is 18.0. The van der Waals surface area contributed by atoms with Gasteiger partial charge < -0.3 is 35.8 Å². The molecule has 330 valence electrons. The number of alkyl halides is 3. The Morgan fingerprint density at radius 1 is 0.841 bits per heavy atom. The lowest BCUT2D eigenvalue weighted by Gasteiger charge is -2.37. The average molecular weight is 868 g/mol. The quantitative estimate of drug-likeness (QED) is 0.108. The molecule has 0 radical (unpaired) electrons. The smallest absolute Gasteiger partial charge is 0.419 e. The molecule has 18 heteroatoms. The SMILES string of the molecule is CNC(=O)c1ccccc1Nc1cc(Nc2ccc(N3CCC(CN[C@H]4CCCN(c5ccc6c(c5)C(=O)N(C5CCC(=O)NC5=O)C6=O)C4)CC3)cc2OC)ncc1C(F)(F)F. The number of ether oxygens (including phenoxy) is 1. The summed E-state index contributed by atoms with van der Waals surface area (Å²) in [5.74, 6) is -1.44. The number of carbonyl (C=O) groups excluding carboxylic acids is 5. The third kappa shape index (κ3) is 9.12. The molecule has 0 aliphatic carbocycles. The lowest BCUT2D eigenvalue weighted by atomic mass is 9.95. The number of amides is 5.